The predicted molar refractivity (Wildman–Crippen MR) is 144 cm³/mol. The molecule has 0 unspecified atom stereocenters. The number of anilines is 4. The summed E-state index contributed by atoms with van der Waals surface area (Å²) in [5, 5.41) is 6.38. The summed E-state index contributed by atoms with van der Waals surface area (Å²) >= 11 is 0. The molecule has 0 aliphatic rings. The number of nitrogens with one attached hydrogen (secondary N) is 2. The maximum atomic E-state index is 12.9. The molecule has 4 aromatic rings. The van der Waals surface area contributed by atoms with Gasteiger partial charge in [0.2, 0.25) is 11.7 Å². The lowest BCUT2D eigenvalue weighted by Gasteiger charge is -2.15. The molecule has 0 aliphatic carbocycles. The van der Waals surface area contributed by atoms with Gasteiger partial charge in [0.1, 0.15) is 5.82 Å². The zero-order chi connectivity index (χ0) is 26.2. The molecule has 0 atom stereocenters. The van der Waals surface area contributed by atoms with Crippen molar-refractivity contribution in [1.29, 1.82) is 0 Å². The maximum absolute atomic E-state index is 12.9. The molecule has 0 saturated carbocycles. The molecule has 0 spiro atoms. The number of ether oxygens (including phenoxy) is 3. The normalized spacial score (nSPS) is 10.7. The van der Waals surface area contributed by atoms with Crippen LogP contribution in [0, 0.1) is 0 Å². The van der Waals surface area contributed by atoms with Crippen LogP contribution in [0.1, 0.15) is 21.5 Å². The number of methoxy groups -OCH3 is 3. The molecule has 0 bridgehead atoms. The first-order chi connectivity index (χ1) is 18.0. The van der Waals surface area contributed by atoms with Gasteiger partial charge in [0.15, 0.2) is 17.3 Å². The van der Waals surface area contributed by atoms with Crippen molar-refractivity contribution in [2.45, 2.75) is 0 Å². The van der Waals surface area contributed by atoms with E-state index in [0.717, 1.165) is 11.3 Å². The van der Waals surface area contributed by atoms with Crippen LogP contribution in [0.5, 0.6) is 17.2 Å². The van der Waals surface area contributed by atoms with Crippen LogP contribution in [0.3, 0.4) is 0 Å². The Bertz CT molecular complexity index is 1400. The molecule has 188 valence electrons. The molecule has 0 saturated heterocycles. The van der Waals surface area contributed by atoms with E-state index in [0.29, 0.717) is 45.8 Å². The Hall–Kier alpha value is -5.05. The van der Waals surface area contributed by atoms with E-state index in [1.54, 1.807) is 76.1 Å². The predicted octanol–water partition coefficient (Wildman–Crippen LogP) is 5.15. The van der Waals surface area contributed by atoms with Gasteiger partial charge in [-0.2, -0.15) is 4.98 Å². The average Bonchev–Trinajstić information content (AvgIpc) is 2.93. The van der Waals surface area contributed by atoms with Crippen LogP contribution in [0.4, 0.5) is 23.1 Å². The van der Waals surface area contributed by atoms with Crippen LogP contribution in [0.15, 0.2) is 79.1 Å². The van der Waals surface area contributed by atoms with Crippen molar-refractivity contribution in [1.82, 2.24) is 9.97 Å². The summed E-state index contributed by atoms with van der Waals surface area (Å²) in [6.07, 6.45) is 4.83. The van der Waals surface area contributed by atoms with Crippen LogP contribution in [0.2, 0.25) is 0 Å². The van der Waals surface area contributed by atoms with Crippen molar-refractivity contribution in [3.63, 3.8) is 0 Å². The standard InChI is InChI=1S/C28H27N5O4/c1-35-23-16-22(17-24(36-2)27(23)37-3)32-28-30-14-12-25(33-28)31-21-9-7-19(8-10-21)26(34)20-6-4-5-18(15-20)11-13-29/h4-17H,29H2,1-3H3,(H2,30,31,32,33)/b13-11-. The Kier molecular flexibility index (Phi) is 7.85. The zero-order valence-electron chi connectivity index (χ0n) is 20.7. The Balaban J connectivity index is 1.48. The highest BCUT2D eigenvalue weighted by Gasteiger charge is 2.14. The van der Waals surface area contributed by atoms with E-state index in [9.17, 15) is 4.79 Å². The van der Waals surface area contributed by atoms with Crippen molar-refractivity contribution >= 4 is 35.0 Å². The fourth-order valence-corrected chi connectivity index (χ4v) is 3.69. The fraction of sp³-hybridized carbons (Fsp3) is 0.107. The third-order valence-electron chi connectivity index (χ3n) is 5.43. The third kappa shape index (κ3) is 5.96. The Morgan fingerprint density at radius 1 is 0.838 bits per heavy atom. The van der Waals surface area contributed by atoms with Gasteiger partial charge in [-0.05, 0) is 54.2 Å². The lowest BCUT2D eigenvalue weighted by molar-refractivity contribution is 0.103. The lowest BCUT2D eigenvalue weighted by Crippen LogP contribution is -2.03. The van der Waals surface area contributed by atoms with E-state index >= 15 is 0 Å². The minimum atomic E-state index is -0.0716. The highest BCUT2D eigenvalue weighted by Crippen LogP contribution is 2.40. The molecule has 4 rings (SSSR count). The Morgan fingerprint density at radius 2 is 1.57 bits per heavy atom. The smallest absolute Gasteiger partial charge is 0.229 e. The second kappa shape index (κ2) is 11.6. The summed E-state index contributed by atoms with van der Waals surface area (Å²) in [4.78, 5) is 21.7. The van der Waals surface area contributed by atoms with Crippen molar-refractivity contribution < 1.29 is 19.0 Å². The summed E-state index contributed by atoms with van der Waals surface area (Å²) in [5.41, 5.74) is 8.93. The number of nitrogens with zero attached hydrogens (tertiary/aromatic N) is 2. The fourth-order valence-electron chi connectivity index (χ4n) is 3.69. The second-order valence-corrected chi connectivity index (χ2v) is 7.82. The highest BCUT2D eigenvalue weighted by molar-refractivity contribution is 6.09. The van der Waals surface area contributed by atoms with E-state index in [2.05, 4.69) is 20.6 Å². The van der Waals surface area contributed by atoms with E-state index in [1.807, 2.05) is 24.3 Å². The molecular weight excluding hydrogens is 470 g/mol. The number of hydrogen-bond donors (Lipinski definition) is 3. The summed E-state index contributed by atoms with van der Waals surface area (Å²) in [6, 6.07) is 19.8. The summed E-state index contributed by atoms with van der Waals surface area (Å²) < 4.78 is 16.2. The molecule has 37 heavy (non-hydrogen) atoms. The SMILES string of the molecule is COc1cc(Nc2nccc(Nc3ccc(C(=O)c4cccc(/C=C\N)c4)cc3)n2)cc(OC)c1OC. The minimum absolute atomic E-state index is 0.0716. The number of hydrogen-bond acceptors (Lipinski definition) is 9. The van der Waals surface area contributed by atoms with Crippen LogP contribution in [-0.4, -0.2) is 37.1 Å². The third-order valence-corrected chi connectivity index (χ3v) is 5.43. The van der Waals surface area contributed by atoms with Crippen LogP contribution in [0.25, 0.3) is 6.08 Å². The molecule has 4 N–H and O–H groups in total. The molecule has 1 aromatic heterocycles. The van der Waals surface area contributed by atoms with Crippen LogP contribution < -0.4 is 30.6 Å². The van der Waals surface area contributed by atoms with Gasteiger partial charge in [-0.1, -0.05) is 18.2 Å². The van der Waals surface area contributed by atoms with E-state index < -0.39 is 0 Å². The molecule has 0 aliphatic heterocycles. The first-order valence-corrected chi connectivity index (χ1v) is 11.3. The van der Waals surface area contributed by atoms with Gasteiger partial charge in [-0.3, -0.25) is 4.79 Å². The first kappa shape index (κ1) is 25.1. The Morgan fingerprint density at radius 3 is 2.22 bits per heavy atom. The largest absolute Gasteiger partial charge is 0.493 e. The monoisotopic (exact) mass is 497 g/mol. The van der Waals surface area contributed by atoms with Gasteiger partial charge in [-0.25, -0.2) is 4.98 Å². The highest BCUT2D eigenvalue weighted by atomic mass is 16.5. The number of ketones is 1. The van der Waals surface area contributed by atoms with Gasteiger partial charge in [0.25, 0.3) is 0 Å². The lowest BCUT2D eigenvalue weighted by atomic mass is 10.0. The number of aromatic nitrogens is 2. The number of nitrogens with two attached hydrogens (primary N) is 1. The van der Waals surface area contributed by atoms with Crippen molar-refractivity contribution in [2.75, 3.05) is 32.0 Å². The number of rotatable bonds is 10. The zero-order valence-corrected chi connectivity index (χ0v) is 20.7. The van der Waals surface area contributed by atoms with Gasteiger partial charge < -0.3 is 30.6 Å². The number of carbonyl (C=O) groups excluding carboxylic acids is 1. The number of carbonyl (C=O) groups is 1. The minimum Gasteiger partial charge on any atom is -0.493 e. The van der Waals surface area contributed by atoms with Gasteiger partial charge in [0, 0.05) is 40.8 Å². The molecule has 0 fully saturated rings. The van der Waals surface area contributed by atoms with Crippen molar-refractivity contribution in [2.24, 2.45) is 5.73 Å². The molecule has 0 radical (unpaired) electrons. The van der Waals surface area contributed by atoms with Gasteiger partial charge in [-0.15, -0.1) is 0 Å². The van der Waals surface area contributed by atoms with E-state index in [1.165, 1.54) is 6.20 Å². The summed E-state index contributed by atoms with van der Waals surface area (Å²) in [7, 11) is 4.65. The topological polar surface area (TPSA) is 121 Å². The Labute approximate surface area is 214 Å². The van der Waals surface area contributed by atoms with E-state index in [4.69, 9.17) is 19.9 Å². The van der Waals surface area contributed by atoms with Crippen LogP contribution in [-0.2, 0) is 0 Å². The maximum Gasteiger partial charge on any atom is 0.229 e. The van der Waals surface area contributed by atoms with Gasteiger partial charge >= 0.3 is 0 Å². The summed E-state index contributed by atoms with van der Waals surface area (Å²) in [5.74, 6) is 2.39. The molecule has 0 amide bonds. The van der Waals surface area contributed by atoms with E-state index in [-0.39, 0.29) is 5.78 Å². The molecule has 9 heteroatoms. The molecule has 3 aromatic carbocycles. The van der Waals surface area contributed by atoms with Gasteiger partial charge in [0.05, 0.1) is 21.3 Å². The quantitative estimate of drug-likeness (QED) is 0.255. The average molecular weight is 498 g/mol. The first-order valence-electron chi connectivity index (χ1n) is 11.3. The van der Waals surface area contributed by atoms with Crippen LogP contribution >= 0.6 is 0 Å². The molecule has 1 heterocycles. The number of benzene rings is 3. The second-order valence-electron chi connectivity index (χ2n) is 7.82. The molecular formula is C28H27N5O4. The van der Waals surface area contributed by atoms with Crippen molar-refractivity contribution in [3.05, 3.63) is 95.8 Å². The summed E-state index contributed by atoms with van der Waals surface area (Å²) in [6.45, 7) is 0. The van der Waals surface area contributed by atoms with Crippen molar-refractivity contribution in [3.8, 4) is 17.2 Å². The molecule has 9 nitrogen and oxygen atoms in total.